The summed E-state index contributed by atoms with van der Waals surface area (Å²) in [6.45, 7) is 4.31. The van der Waals surface area contributed by atoms with Crippen molar-refractivity contribution in [2.75, 3.05) is 40.0 Å². The van der Waals surface area contributed by atoms with Gasteiger partial charge in [-0.1, -0.05) is 0 Å². The number of rotatable bonds is 7. The number of carbonyl (C=O) groups is 1. The second-order valence-electron chi connectivity index (χ2n) is 8.25. The third-order valence-electron chi connectivity index (χ3n) is 5.77. The Morgan fingerprint density at radius 1 is 1.26 bits per heavy atom. The fourth-order valence-corrected chi connectivity index (χ4v) is 3.94. The number of ether oxygens (including phenoxy) is 3. The van der Waals surface area contributed by atoms with Gasteiger partial charge in [0.25, 0.3) is 0 Å². The van der Waals surface area contributed by atoms with Crippen LogP contribution in [0.25, 0.3) is 5.70 Å². The summed E-state index contributed by atoms with van der Waals surface area (Å²) >= 11 is 0. The predicted octanol–water partition coefficient (Wildman–Crippen LogP) is 2.62. The molecule has 1 aliphatic carbocycles. The summed E-state index contributed by atoms with van der Waals surface area (Å²) in [5.41, 5.74) is 6.78. The van der Waals surface area contributed by atoms with Crippen molar-refractivity contribution < 1.29 is 28.7 Å². The summed E-state index contributed by atoms with van der Waals surface area (Å²) in [4.78, 5) is 24.6. The van der Waals surface area contributed by atoms with Gasteiger partial charge in [-0.25, -0.2) is 4.79 Å². The largest absolute Gasteiger partial charge is 0.493 e. The average molecular weight is 434 g/mol. The molecule has 1 atom stereocenters. The molecule has 170 valence electrons. The first-order chi connectivity index (χ1) is 15.1. The summed E-state index contributed by atoms with van der Waals surface area (Å²) in [5.74, 6) is 1.45. The molecule has 2 N–H and O–H groups in total. The van der Waals surface area contributed by atoms with E-state index in [1.54, 1.807) is 12.0 Å². The first-order valence-electron chi connectivity index (χ1n) is 10.8. The molecule has 2 fully saturated rings. The van der Waals surface area contributed by atoms with Gasteiger partial charge < -0.3 is 23.9 Å². The summed E-state index contributed by atoms with van der Waals surface area (Å²) in [6.07, 6.45) is 6.34. The normalized spacial score (nSPS) is 23.9. The van der Waals surface area contributed by atoms with Crippen LogP contribution < -0.4 is 20.4 Å². The standard InChI is InChI=1S/C22H31N3O6/c1-22(15-23-30-21(26)25-9-11-28-12-10-25)14-18(24-31-22)16-7-8-19(27-2)20(13-16)29-17-5-3-4-6-17/h7-8,13-14,17,23-24H,3-6,9-12,15H2,1-2H3. The molecule has 1 amide bonds. The molecule has 0 bridgehead atoms. The Bertz CT molecular complexity index is 804. The fourth-order valence-electron chi connectivity index (χ4n) is 3.94. The Hall–Kier alpha value is -2.49. The van der Waals surface area contributed by atoms with Crippen LogP contribution >= 0.6 is 0 Å². The first kappa shape index (κ1) is 21.7. The lowest BCUT2D eigenvalue weighted by Crippen LogP contribution is -2.45. The molecule has 9 heteroatoms. The molecular formula is C22H31N3O6. The van der Waals surface area contributed by atoms with E-state index in [0.717, 1.165) is 35.6 Å². The quantitative estimate of drug-likeness (QED) is 0.635. The lowest BCUT2D eigenvalue weighted by molar-refractivity contribution is -0.0496. The van der Waals surface area contributed by atoms with Gasteiger partial charge in [-0.3, -0.25) is 10.3 Å². The molecule has 31 heavy (non-hydrogen) atoms. The number of amides is 1. The minimum absolute atomic E-state index is 0.238. The van der Waals surface area contributed by atoms with Crippen molar-refractivity contribution in [2.24, 2.45) is 0 Å². The van der Waals surface area contributed by atoms with Gasteiger partial charge in [0.1, 0.15) is 5.60 Å². The van der Waals surface area contributed by atoms with Crippen molar-refractivity contribution in [3.63, 3.8) is 0 Å². The zero-order valence-electron chi connectivity index (χ0n) is 18.1. The van der Waals surface area contributed by atoms with E-state index in [4.69, 9.17) is 23.9 Å². The van der Waals surface area contributed by atoms with Gasteiger partial charge in [-0.2, -0.15) is 0 Å². The van der Waals surface area contributed by atoms with Gasteiger partial charge in [0.2, 0.25) is 0 Å². The topological polar surface area (TPSA) is 90.5 Å². The molecule has 1 aromatic carbocycles. The second-order valence-corrected chi connectivity index (χ2v) is 8.25. The van der Waals surface area contributed by atoms with Gasteiger partial charge in [0.05, 0.1) is 38.7 Å². The first-order valence-corrected chi connectivity index (χ1v) is 10.8. The Morgan fingerprint density at radius 2 is 2.03 bits per heavy atom. The molecule has 2 heterocycles. The van der Waals surface area contributed by atoms with Crippen LogP contribution in [0.15, 0.2) is 24.3 Å². The van der Waals surface area contributed by atoms with Crippen LogP contribution in [0.3, 0.4) is 0 Å². The van der Waals surface area contributed by atoms with Crippen LogP contribution in [0, 0.1) is 0 Å². The number of hydrogen-bond acceptors (Lipinski definition) is 8. The van der Waals surface area contributed by atoms with E-state index in [1.165, 1.54) is 12.8 Å². The number of methoxy groups -OCH3 is 1. The number of hydroxylamine groups is 2. The van der Waals surface area contributed by atoms with Crippen molar-refractivity contribution in [3.05, 3.63) is 29.8 Å². The van der Waals surface area contributed by atoms with E-state index in [1.807, 2.05) is 31.2 Å². The number of benzene rings is 1. The molecule has 1 unspecified atom stereocenters. The predicted molar refractivity (Wildman–Crippen MR) is 113 cm³/mol. The molecule has 1 saturated heterocycles. The zero-order chi connectivity index (χ0) is 21.7. The second kappa shape index (κ2) is 9.76. The van der Waals surface area contributed by atoms with Crippen molar-refractivity contribution >= 4 is 11.8 Å². The van der Waals surface area contributed by atoms with E-state index in [2.05, 4.69) is 11.0 Å². The van der Waals surface area contributed by atoms with Crippen LogP contribution in [0.4, 0.5) is 4.79 Å². The van der Waals surface area contributed by atoms with Gasteiger partial charge in [0, 0.05) is 18.7 Å². The highest BCUT2D eigenvalue weighted by atomic mass is 16.7. The third-order valence-corrected chi connectivity index (χ3v) is 5.77. The Balaban J connectivity index is 1.36. The van der Waals surface area contributed by atoms with Crippen molar-refractivity contribution in [3.8, 4) is 11.5 Å². The van der Waals surface area contributed by atoms with Gasteiger partial charge >= 0.3 is 6.09 Å². The summed E-state index contributed by atoms with van der Waals surface area (Å²) < 4.78 is 16.9. The average Bonchev–Trinajstić information content (AvgIpc) is 3.44. The molecule has 4 rings (SSSR count). The van der Waals surface area contributed by atoms with E-state index in [0.29, 0.717) is 32.8 Å². The molecule has 1 aromatic rings. The smallest absolute Gasteiger partial charge is 0.428 e. The Morgan fingerprint density at radius 3 is 2.77 bits per heavy atom. The van der Waals surface area contributed by atoms with Gasteiger partial charge in [0.15, 0.2) is 11.5 Å². The molecule has 2 aliphatic heterocycles. The molecule has 0 aromatic heterocycles. The van der Waals surface area contributed by atoms with Crippen molar-refractivity contribution in [1.82, 2.24) is 15.9 Å². The van der Waals surface area contributed by atoms with Crippen molar-refractivity contribution in [1.29, 1.82) is 0 Å². The van der Waals surface area contributed by atoms with E-state index >= 15 is 0 Å². The van der Waals surface area contributed by atoms with Gasteiger partial charge in [-0.15, -0.1) is 5.48 Å². The monoisotopic (exact) mass is 433 g/mol. The Kier molecular flexibility index (Phi) is 6.84. The molecular weight excluding hydrogens is 402 g/mol. The zero-order valence-corrected chi connectivity index (χ0v) is 18.1. The number of nitrogens with one attached hydrogen (secondary N) is 2. The summed E-state index contributed by atoms with van der Waals surface area (Å²) in [7, 11) is 1.65. The van der Waals surface area contributed by atoms with E-state index in [-0.39, 0.29) is 6.10 Å². The maximum absolute atomic E-state index is 12.1. The minimum atomic E-state index is -0.687. The highest BCUT2D eigenvalue weighted by Gasteiger charge is 2.32. The molecule has 3 aliphatic rings. The van der Waals surface area contributed by atoms with Gasteiger partial charge in [-0.05, 0) is 56.9 Å². The summed E-state index contributed by atoms with van der Waals surface area (Å²) in [6, 6.07) is 5.83. The SMILES string of the molecule is COc1ccc(C2=CC(C)(CNOC(=O)N3CCOCC3)ON2)cc1OC1CCCC1. The fraction of sp³-hybridized carbons (Fsp3) is 0.591. The third kappa shape index (κ3) is 5.41. The van der Waals surface area contributed by atoms with Crippen LogP contribution in [0.1, 0.15) is 38.2 Å². The number of hydrogen-bond donors (Lipinski definition) is 2. The molecule has 0 spiro atoms. The van der Waals surface area contributed by atoms with E-state index in [9.17, 15) is 4.79 Å². The number of nitrogens with zero attached hydrogens (tertiary/aromatic N) is 1. The Labute approximate surface area is 182 Å². The highest BCUT2D eigenvalue weighted by molar-refractivity contribution is 5.69. The van der Waals surface area contributed by atoms with Crippen LogP contribution in [0.2, 0.25) is 0 Å². The van der Waals surface area contributed by atoms with Crippen LogP contribution in [0.5, 0.6) is 11.5 Å². The van der Waals surface area contributed by atoms with Crippen LogP contribution in [-0.2, 0) is 14.4 Å². The van der Waals surface area contributed by atoms with Crippen molar-refractivity contribution in [2.45, 2.75) is 44.3 Å². The maximum atomic E-state index is 12.1. The lowest BCUT2D eigenvalue weighted by atomic mass is 10.0. The maximum Gasteiger partial charge on any atom is 0.428 e. The minimum Gasteiger partial charge on any atom is -0.493 e. The summed E-state index contributed by atoms with van der Waals surface area (Å²) in [5, 5.41) is 0. The lowest BCUT2D eigenvalue weighted by Gasteiger charge is -2.26. The molecule has 1 saturated carbocycles. The molecule has 9 nitrogen and oxygen atoms in total. The highest BCUT2D eigenvalue weighted by Crippen LogP contribution is 2.35. The number of carbonyl (C=O) groups excluding carboxylic acids is 1. The van der Waals surface area contributed by atoms with E-state index < -0.39 is 11.7 Å². The number of morpholine rings is 1. The van der Waals surface area contributed by atoms with Crippen LogP contribution in [-0.4, -0.2) is 62.7 Å². The molecule has 0 radical (unpaired) electrons.